The standard InChI is InChI=1S/C14H16FNO3S2/c1-9-16(12(7-21-9)14(18)19)13(17)8-20-6-10-2-4-11(15)5-3-10/h2-5,9,12H,6-8H2,1H3,(H,18,19). The first-order chi connectivity index (χ1) is 9.99. The van der Waals surface area contributed by atoms with Gasteiger partial charge in [-0.3, -0.25) is 4.79 Å². The van der Waals surface area contributed by atoms with Crippen molar-refractivity contribution in [3.05, 3.63) is 35.6 Å². The molecule has 1 fully saturated rings. The van der Waals surface area contributed by atoms with E-state index in [-0.39, 0.29) is 22.9 Å². The Morgan fingerprint density at radius 3 is 2.71 bits per heavy atom. The number of aliphatic carboxylic acids is 1. The van der Waals surface area contributed by atoms with E-state index in [9.17, 15) is 14.0 Å². The van der Waals surface area contributed by atoms with Crippen LogP contribution in [-0.4, -0.2) is 44.8 Å². The number of nitrogens with zero attached hydrogens (tertiary/aromatic N) is 1. The molecule has 2 rings (SSSR count). The third-order valence-electron chi connectivity index (χ3n) is 3.20. The van der Waals surface area contributed by atoms with Gasteiger partial charge in [0.25, 0.3) is 0 Å². The normalized spacial score (nSPS) is 21.5. The number of carbonyl (C=O) groups excluding carboxylic acids is 1. The predicted molar refractivity (Wildman–Crippen MR) is 82.8 cm³/mol. The Balaban J connectivity index is 1.86. The third kappa shape index (κ3) is 4.14. The Morgan fingerprint density at radius 2 is 2.10 bits per heavy atom. The first-order valence-electron chi connectivity index (χ1n) is 6.47. The highest BCUT2D eigenvalue weighted by Crippen LogP contribution is 2.29. The lowest BCUT2D eigenvalue weighted by atomic mass is 10.2. The van der Waals surface area contributed by atoms with E-state index < -0.39 is 12.0 Å². The molecular weight excluding hydrogens is 313 g/mol. The van der Waals surface area contributed by atoms with Crippen LogP contribution in [0.15, 0.2) is 24.3 Å². The van der Waals surface area contributed by atoms with Gasteiger partial charge in [-0.05, 0) is 24.6 Å². The van der Waals surface area contributed by atoms with Crippen molar-refractivity contribution < 1.29 is 19.1 Å². The summed E-state index contributed by atoms with van der Waals surface area (Å²) in [6, 6.07) is 5.40. The number of carbonyl (C=O) groups is 2. The largest absolute Gasteiger partial charge is 0.480 e. The average molecular weight is 329 g/mol. The van der Waals surface area contributed by atoms with Crippen LogP contribution in [0.5, 0.6) is 0 Å². The van der Waals surface area contributed by atoms with E-state index in [1.54, 1.807) is 12.1 Å². The van der Waals surface area contributed by atoms with Gasteiger partial charge >= 0.3 is 5.97 Å². The number of benzene rings is 1. The van der Waals surface area contributed by atoms with Gasteiger partial charge in [0.2, 0.25) is 5.91 Å². The number of halogens is 1. The van der Waals surface area contributed by atoms with E-state index in [0.29, 0.717) is 11.5 Å². The molecule has 0 bridgehead atoms. The van der Waals surface area contributed by atoms with Crippen molar-refractivity contribution in [1.82, 2.24) is 4.90 Å². The van der Waals surface area contributed by atoms with E-state index >= 15 is 0 Å². The number of hydrogen-bond donors (Lipinski definition) is 1. The van der Waals surface area contributed by atoms with Crippen molar-refractivity contribution in [2.45, 2.75) is 24.1 Å². The fraction of sp³-hybridized carbons (Fsp3) is 0.429. The molecule has 0 spiro atoms. The lowest BCUT2D eigenvalue weighted by molar-refractivity contribution is -0.147. The molecule has 0 aromatic heterocycles. The first kappa shape index (κ1) is 16.2. The molecule has 0 aliphatic carbocycles. The Labute approximate surface area is 131 Å². The summed E-state index contributed by atoms with van der Waals surface area (Å²) in [5, 5.41) is 9.02. The number of thioether (sulfide) groups is 2. The molecule has 0 saturated carbocycles. The molecule has 1 aromatic carbocycles. The molecule has 1 aliphatic rings. The average Bonchev–Trinajstić information content (AvgIpc) is 2.83. The van der Waals surface area contributed by atoms with Crippen LogP contribution in [0.2, 0.25) is 0 Å². The predicted octanol–water partition coefficient (Wildman–Crippen LogP) is 2.43. The van der Waals surface area contributed by atoms with Crippen molar-refractivity contribution in [3.63, 3.8) is 0 Å². The first-order valence-corrected chi connectivity index (χ1v) is 8.67. The molecule has 1 N–H and O–H groups in total. The number of amides is 1. The van der Waals surface area contributed by atoms with Crippen molar-refractivity contribution in [1.29, 1.82) is 0 Å². The molecular formula is C14H16FNO3S2. The van der Waals surface area contributed by atoms with Crippen molar-refractivity contribution in [2.24, 2.45) is 0 Å². The lowest BCUT2D eigenvalue weighted by Gasteiger charge is -2.24. The Morgan fingerprint density at radius 1 is 1.43 bits per heavy atom. The van der Waals surface area contributed by atoms with Crippen molar-refractivity contribution >= 4 is 35.4 Å². The van der Waals surface area contributed by atoms with Gasteiger partial charge < -0.3 is 10.0 Å². The molecule has 1 aliphatic heterocycles. The maximum atomic E-state index is 12.8. The summed E-state index contributed by atoms with van der Waals surface area (Å²) in [4.78, 5) is 24.8. The van der Waals surface area contributed by atoms with Crippen LogP contribution in [0, 0.1) is 5.82 Å². The van der Waals surface area contributed by atoms with Crippen LogP contribution in [0.25, 0.3) is 0 Å². The Bertz CT molecular complexity index is 523. The van der Waals surface area contributed by atoms with E-state index in [4.69, 9.17) is 5.11 Å². The van der Waals surface area contributed by atoms with Gasteiger partial charge in [-0.15, -0.1) is 23.5 Å². The quantitative estimate of drug-likeness (QED) is 0.899. The summed E-state index contributed by atoms with van der Waals surface area (Å²) in [7, 11) is 0. The number of carboxylic acid groups (broad SMARTS) is 1. The molecule has 2 atom stereocenters. The summed E-state index contributed by atoms with van der Waals surface area (Å²) in [5.74, 6) is -0.140. The second-order valence-electron chi connectivity index (χ2n) is 4.71. The van der Waals surface area contributed by atoms with Gasteiger partial charge in [-0.1, -0.05) is 12.1 Å². The van der Waals surface area contributed by atoms with Gasteiger partial charge in [-0.2, -0.15) is 0 Å². The molecule has 0 radical (unpaired) electrons. The maximum absolute atomic E-state index is 12.8. The van der Waals surface area contributed by atoms with Gasteiger partial charge in [-0.25, -0.2) is 9.18 Å². The summed E-state index contributed by atoms with van der Waals surface area (Å²) in [6.45, 7) is 1.84. The zero-order chi connectivity index (χ0) is 15.4. The minimum Gasteiger partial charge on any atom is -0.480 e. The van der Waals surface area contributed by atoms with Crippen LogP contribution in [0.4, 0.5) is 4.39 Å². The molecule has 21 heavy (non-hydrogen) atoms. The van der Waals surface area contributed by atoms with Crippen molar-refractivity contribution in [3.8, 4) is 0 Å². The molecule has 1 heterocycles. The molecule has 1 aromatic rings. The van der Waals surface area contributed by atoms with Crippen LogP contribution < -0.4 is 0 Å². The van der Waals surface area contributed by atoms with Gasteiger partial charge in [0.05, 0.1) is 11.1 Å². The molecule has 1 amide bonds. The summed E-state index contributed by atoms with van der Waals surface area (Å²) >= 11 is 2.88. The van der Waals surface area contributed by atoms with E-state index in [2.05, 4.69) is 0 Å². The summed E-state index contributed by atoms with van der Waals surface area (Å²) in [5.41, 5.74) is 0.938. The fourth-order valence-corrected chi connectivity index (χ4v) is 4.17. The van der Waals surface area contributed by atoms with Gasteiger partial charge in [0.15, 0.2) is 0 Å². The number of hydrogen-bond acceptors (Lipinski definition) is 4. The lowest BCUT2D eigenvalue weighted by Crippen LogP contribution is -2.45. The van der Waals surface area contributed by atoms with Gasteiger partial charge in [0.1, 0.15) is 11.9 Å². The van der Waals surface area contributed by atoms with Crippen LogP contribution in [-0.2, 0) is 15.3 Å². The molecule has 114 valence electrons. The highest BCUT2D eigenvalue weighted by molar-refractivity contribution is 8.00. The number of carboxylic acids is 1. The zero-order valence-electron chi connectivity index (χ0n) is 11.5. The minimum atomic E-state index is -0.955. The fourth-order valence-electron chi connectivity index (χ4n) is 2.12. The van der Waals surface area contributed by atoms with Crippen molar-refractivity contribution in [2.75, 3.05) is 11.5 Å². The molecule has 7 heteroatoms. The van der Waals surface area contributed by atoms with Crippen LogP contribution in [0.3, 0.4) is 0 Å². The number of rotatable bonds is 5. The zero-order valence-corrected chi connectivity index (χ0v) is 13.1. The Kier molecular flexibility index (Phi) is 5.52. The minimum absolute atomic E-state index is 0.106. The van der Waals surface area contributed by atoms with E-state index in [1.807, 2.05) is 6.92 Å². The molecule has 4 nitrogen and oxygen atoms in total. The third-order valence-corrected chi connectivity index (χ3v) is 5.41. The molecule has 1 saturated heterocycles. The van der Waals surface area contributed by atoms with Gasteiger partial charge in [0, 0.05) is 11.5 Å². The summed E-state index contributed by atoms with van der Waals surface area (Å²) < 4.78 is 12.8. The maximum Gasteiger partial charge on any atom is 0.327 e. The molecule has 2 unspecified atom stereocenters. The Hall–Kier alpha value is -1.21. The highest BCUT2D eigenvalue weighted by atomic mass is 32.2. The van der Waals surface area contributed by atoms with Crippen LogP contribution >= 0.6 is 23.5 Å². The summed E-state index contributed by atoms with van der Waals surface area (Å²) in [6.07, 6.45) is 0. The monoisotopic (exact) mass is 329 g/mol. The highest BCUT2D eigenvalue weighted by Gasteiger charge is 2.38. The van der Waals surface area contributed by atoms with Crippen LogP contribution in [0.1, 0.15) is 12.5 Å². The second-order valence-corrected chi connectivity index (χ2v) is 7.04. The van der Waals surface area contributed by atoms with E-state index in [0.717, 1.165) is 5.56 Å². The smallest absolute Gasteiger partial charge is 0.327 e. The topological polar surface area (TPSA) is 57.6 Å². The second kappa shape index (κ2) is 7.17. The SMILES string of the molecule is CC1SCC(C(=O)O)N1C(=O)CSCc1ccc(F)cc1. The van der Waals surface area contributed by atoms with E-state index in [1.165, 1.54) is 40.6 Å².